The van der Waals surface area contributed by atoms with E-state index >= 15 is 0 Å². The summed E-state index contributed by atoms with van der Waals surface area (Å²) in [5.41, 5.74) is 5.41. The SMILES string of the molecule is Cc1ccc(NC(=O)c2ccc(C(C)(C)C)s2)cc1-n1cc(-c2cncc(N3CCN(C)CC3)c2)nn1. The first kappa shape index (κ1) is 25.1. The molecule has 1 N–H and O–H groups in total. The van der Waals surface area contributed by atoms with Gasteiger partial charge < -0.3 is 15.1 Å². The third-order valence-electron chi connectivity index (χ3n) is 6.66. The van der Waals surface area contributed by atoms with Crippen LogP contribution in [-0.2, 0) is 5.41 Å². The van der Waals surface area contributed by atoms with E-state index in [-0.39, 0.29) is 11.3 Å². The Morgan fingerprint density at radius 2 is 1.81 bits per heavy atom. The van der Waals surface area contributed by atoms with E-state index in [0.29, 0.717) is 10.6 Å². The van der Waals surface area contributed by atoms with Crippen molar-refractivity contribution in [1.29, 1.82) is 0 Å². The van der Waals surface area contributed by atoms with Crippen LogP contribution in [0.15, 0.2) is 55.0 Å². The van der Waals surface area contributed by atoms with Gasteiger partial charge in [0.25, 0.3) is 5.91 Å². The number of anilines is 2. The van der Waals surface area contributed by atoms with E-state index in [1.165, 1.54) is 16.2 Å². The second-order valence-corrected chi connectivity index (χ2v) is 11.7. The summed E-state index contributed by atoms with van der Waals surface area (Å²) in [7, 11) is 2.15. The maximum Gasteiger partial charge on any atom is 0.265 e. The van der Waals surface area contributed by atoms with Crippen molar-refractivity contribution in [2.24, 2.45) is 0 Å². The molecule has 0 atom stereocenters. The molecule has 0 aliphatic carbocycles. The van der Waals surface area contributed by atoms with Gasteiger partial charge in [-0.25, -0.2) is 4.68 Å². The Hall–Kier alpha value is -3.56. The first-order valence-electron chi connectivity index (χ1n) is 12.5. The Labute approximate surface area is 221 Å². The lowest BCUT2D eigenvalue weighted by molar-refractivity contribution is 0.103. The van der Waals surface area contributed by atoms with Crippen LogP contribution in [0.3, 0.4) is 0 Å². The van der Waals surface area contributed by atoms with Gasteiger partial charge in [0.1, 0.15) is 5.69 Å². The number of carbonyl (C=O) groups excluding carboxylic acids is 1. The van der Waals surface area contributed by atoms with Crippen molar-refractivity contribution in [2.45, 2.75) is 33.1 Å². The van der Waals surface area contributed by atoms with Gasteiger partial charge in [-0.2, -0.15) is 0 Å². The van der Waals surface area contributed by atoms with Gasteiger partial charge in [-0.1, -0.05) is 32.1 Å². The van der Waals surface area contributed by atoms with E-state index < -0.39 is 0 Å². The van der Waals surface area contributed by atoms with Crippen LogP contribution in [0.1, 0.15) is 40.9 Å². The molecule has 1 amide bonds. The molecule has 4 aromatic rings. The molecule has 1 aliphatic heterocycles. The molecule has 5 rings (SSSR count). The number of carbonyl (C=O) groups is 1. The summed E-state index contributed by atoms with van der Waals surface area (Å²) >= 11 is 1.53. The quantitative estimate of drug-likeness (QED) is 0.403. The molecule has 37 heavy (non-hydrogen) atoms. The number of pyridine rings is 1. The van der Waals surface area contributed by atoms with Gasteiger partial charge in [0.15, 0.2) is 0 Å². The number of nitrogens with one attached hydrogen (secondary N) is 1. The van der Waals surface area contributed by atoms with Crippen molar-refractivity contribution < 1.29 is 4.79 Å². The van der Waals surface area contributed by atoms with Crippen LogP contribution in [0.2, 0.25) is 0 Å². The van der Waals surface area contributed by atoms with E-state index in [9.17, 15) is 4.79 Å². The average Bonchev–Trinajstić information content (AvgIpc) is 3.56. The second kappa shape index (κ2) is 10.1. The Morgan fingerprint density at radius 3 is 2.54 bits per heavy atom. The molecule has 3 aromatic heterocycles. The van der Waals surface area contributed by atoms with Gasteiger partial charge >= 0.3 is 0 Å². The number of hydrogen-bond acceptors (Lipinski definition) is 7. The molecule has 0 unspecified atom stereocenters. The van der Waals surface area contributed by atoms with E-state index in [1.54, 1.807) is 4.68 Å². The van der Waals surface area contributed by atoms with E-state index in [0.717, 1.165) is 54.4 Å². The molecule has 1 aliphatic rings. The predicted molar refractivity (Wildman–Crippen MR) is 150 cm³/mol. The van der Waals surface area contributed by atoms with Crippen molar-refractivity contribution >= 4 is 28.6 Å². The van der Waals surface area contributed by atoms with Crippen LogP contribution in [0, 0.1) is 6.92 Å². The fraction of sp³-hybridized carbons (Fsp3) is 0.357. The van der Waals surface area contributed by atoms with E-state index in [4.69, 9.17) is 0 Å². The Balaban J connectivity index is 1.35. The van der Waals surface area contributed by atoms with Crippen LogP contribution in [0.25, 0.3) is 16.9 Å². The van der Waals surface area contributed by atoms with Gasteiger partial charge in [-0.3, -0.25) is 9.78 Å². The zero-order valence-corrected chi connectivity index (χ0v) is 22.8. The molecule has 0 radical (unpaired) electrons. The van der Waals surface area contributed by atoms with Crippen LogP contribution in [-0.4, -0.2) is 64.0 Å². The number of nitrogens with zero attached hydrogens (tertiary/aromatic N) is 6. The van der Waals surface area contributed by atoms with Gasteiger partial charge in [0.2, 0.25) is 0 Å². The molecule has 1 fully saturated rings. The van der Waals surface area contributed by atoms with Crippen LogP contribution >= 0.6 is 11.3 Å². The lowest BCUT2D eigenvalue weighted by Crippen LogP contribution is -2.44. The average molecular weight is 516 g/mol. The van der Waals surface area contributed by atoms with Gasteiger partial charge in [0, 0.05) is 48.5 Å². The summed E-state index contributed by atoms with van der Waals surface area (Å²) in [5, 5.41) is 11.9. The highest BCUT2D eigenvalue weighted by Gasteiger charge is 2.19. The fourth-order valence-electron chi connectivity index (χ4n) is 4.31. The zero-order chi connectivity index (χ0) is 26.2. The summed E-state index contributed by atoms with van der Waals surface area (Å²) in [4.78, 5) is 23.9. The fourth-order valence-corrected chi connectivity index (χ4v) is 5.27. The maximum absolute atomic E-state index is 12.9. The first-order valence-corrected chi connectivity index (χ1v) is 13.3. The van der Waals surface area contributed by atoms with Crippen LogP contribution in [0.5, 0.6) is 0 Å². The molecule has 192 valence electrons. The minimum atomic E-state index is -0.110. The largest absolute Gasteiger partial charge is 0.368 e. The van der Waals surface area contributed by atoms with Crippen LogP contribution in [0.4, 0.5) is 11.4 Å². The van der Waals surface area contributed by atoms with Gasteiger partial charge in [-0.15, -0.1) is 16.4 Å². The molecular formula is C28H33N7OS. The topological polar surface area (TPSA) is 79.2 Å². The summed E-state index contributed by atoms with van der Waals surface area (Å²) in [6, 6.07) is 11.9. The minimum absolute atomic E-state index is 0.0184. The van der Waals surface area contributed by atoms with Crippen molar-refractivity contribution in [3.63, 3.8) is 0 Å². The number of likely N-dealkylation sites (N-methyl/N-ethyl adjacent to an activating group) is 1. The lowest BCUT2D eigenvalue weighted by atomic mass is 9.95. The number of thiophene rings is 1. The normalized spacial score (nSPS) is 14.7. The molecule has 0 saturated carbocycles. The molecule has 0 bridgehead atoms. The Kier molecular flexibility index (Phi) is 6.83. The highest BCUT2D eigenvalue weighted by molar-refractivity contribution is 7.14. The maximum atomic E-state index is 12.9. The highest BCUT2D eigenvalue weighted by Crippen LogP contribution is 2.30. The Bertz CT molecular complexity index is 1410. The van der Waals surface area contributed by atoms with Gasteiger partial charge in [-0.05, 0) is 55.3 Å². The third kappa shape index (κ3) is 5.57. The number of benzene rings is 1. The molecule has 1 saturated heterocycles. The number of aryl methyl sites for hydroxylation is 1. The van der Waals surface area contributed by atoms with Gasteiger partial charge in [0.05, 0.1) is 28.6 Å². The lowest BCUT2D eigenvalue weighted by Gasteiger charge is -2.33. The zero-order valence-electron chi connectivity index (χ0n) is 22.0. The predicted octanol–water partition coefficient (Wildman–Crippen LogP) is 5.00. The summed E-state index contributed by atoms with van der Waals surface area (Å²) < 4.78 is 1.76. The molecule has 9 heteroatoms. The highest BCUT2D eigenvalue weighted by atomic mass is 32.1. The molecule has 4 heterocycles. The van der Waals surface area contributed by atoms with Crippen molar-refractivity contribution in [3.8, 4) is 16.9 Å². The van der Waals surface area contributed by atoms with E-state index in [1.807, 2.05) is 55.8 Å². The number of amides is 1. The van der Waals surface area contributed by atoms with E-state index in [2.05, 4.69) is 64.3 Å². The monoisotopic (exact) mass is 515 g/mol. The number of aromatic nitrogens is 4. The number of hydrogen-bond donors (Lipinski definition) is 1. The number of rotatable bonds is 5. The molecule has 1 aromatic carbocycles. The summed E-state index contributed by atoms with van der Waals surface area (Å²) in [6.07, 6.45) is 5.64. The standard InChI is InChI=1S/C28H33N7OS/c1-19-6-7-21(30-27(36)25-8-9-26(37-25)28(2,3)4)15-24(19)35-18-23(31-32-35)20-14-22(17-29-16-20)34-12-10-33(5)11-13-34/h6-9,14-18H,10-13H2,1-5H3,(H,30,36). The van der Waals surface area contributed by atoms with Crippen molar-refractivity contribution in [1.82, 2.24) is 24.9 Å². The Morgan fingerprint density at radius 1 is 1.03 bits per heavy atom. The molecule has 8 nitrogen and oxygen atoms in total. The summed E-state index contributed by atoms with van der Waals surface area (Å²) in [6.45, 7) is 12.5. The minimum Gasteiger partial charge on any atom is -0.368 e. The second-order valence-electron chi connectivity index (χ2n) is 10.6. The molecular weight excluding hydrogens is 482 g/mol. The first-order chi connectivity index (χ1) is 17.7. The summed E-state index contributed by atoms with van der Waals surface area (Å²) in [5.74, 6) is -0.110. The van der Waals surface area contributed by atoms with Crippen molar-refractivity contribution in [2.75, 3.05) is 43.4 Å². The third-order valence-corrected chi connectivity index (χ3v) is 8.17. The smallest absolute Gasteiger partial charge is 0.265 e. The molecule has 0 spiro atoms. The number of piperazine rings is 1. The van der Waals surface area contributed by atoms with Crippen molar-refractivity contribution in [3.05, 3.63) is 70.3 Å². The van der Waals surface area contributed by atoms with Crippen LogP contribution < -0.4 is 10.2 Å².